The number of amides is 1. The van der Waals surface area contributed by atoms with E-state index in [0.29, 0.717) is 52.8 Å². The van der Waals surface area contributed by atoms with Crippen LogP contribution in [0.1, 0.15) is 67.5 Å². The molecule has 0 fully saturated rings. The van der Waals surface area contributed by atoms with Gasteiger partial charge in [0.05, 0.1) is 11.6 Å². The highest BCUT2D eigenvalue weighted by atomic mass is 32.1. The predicted octanol–water partition coefficient (Wildman–Crippen LogP) is 3.21. The minimum Gasteiger partial charge on any atom is -0.462 e. The van der Waals surface area contributed by atoms with Crippen LogP contribution in [-0.2, 0) is 29.0 Å². The molecule has 0 unspecified atom stereocenters. The number of thiophene rings is 1. The van der Waals surface area contributed by atoms with Crippen molar-refractivity contribution < 1.29 is 14.3 Å². The Morgan fingerprint density at radius 3 is 2.59 bits per heavy atom. The Morgan fingerprint density at radius 2 is 1.91 bits per heavy atom. The van der Waals surface area contributed by atoms with Crippen molar-refractivity contribution in [1.82, 2.24) is 19.1 Å². The van der Waals surface area contributed by atoms with E-state index >= 15 is 0 Å². The van der Waals surface area contributed by atoms with Gasteiger partial charge in [-0.1, -0.05) is 20.3 Å². The van der Waals surface area contributed by atoms with Gasteiger partial charge < -0.3 is 14.6 Å². The zero-order valence-corrected chi connectivity index (χ0v) is 20.8. The molecular formula is C23H31N5O5S. The number of nitrogens with zero attached hydrogens (tertiary/aromatic N) is 3. The van der Waals surface area contributed by atoms with Crippen molar-refractivity contribution in [3.05, 3.63) is 43.2 Å². The molecule has 34 heavy (non-hydrogen) atoms. The molecule has 0 bridgehead atoms. The lowest BCUT2D eigenvalue weighted by molar-refractivity contribution is -0.116. The molecule has 0 atom stereocenters. The summed E-state index contributed by atoms with van der Waals surface area (Å²) in [4.78, 5) is 57.1. The fourth-order valence-electron chi connectivity index (χ4n) is 3.76. The van der Waals surface area contributed by atoms with E-state index < -0.39 is 17.2 Å². The number of esters is 1. The molecule has 1 amide bonds. The van der Waals surface area contributed by atoms with Gasteiger partial charge in [0.2, 0.25) is 5.91 Å². The number of hydrogen-bond acceptors (Lipinski definition) is 7. The number of carbonyl (C=O) groups excluding carboxylic acids is 2. The number of unbranched alkanes of at least 4 members (excludes halogenated alkanes) is 1. The first-order valence-corrected chi connectivity index (χ1v) is 12.4. The Balaban J connectivity index is 1.83. The number of hydrogen-bond donors (Lipinski definition) is 2. The van der Waals surface area contributed by atoms with E-state index in [-0.39, 0.29) is 18.9 Å². The summed E-state index contributed by atoms with van der Waals surface area (Å²) in [7, 11) is 0. The second-order valence-electron chi connectivity index (χ2n) is 8.01. The number of ether oxygens (including phenoxy) is 1. The number of fused-ring (bicyclic) bond motifs is 1. The highest BCUT2D eigenvalue weighted by molar-refractivity contribution is 7.18. The van der Waals surface area contributed by atoms with Crippen molar-refractivity contribution in [3.63, 3.8) is 0 Å². The van der Waals surface area contributed by atoms with Crippen LogP contribution in [0.5, 0.6) is 0 Å². The van der Waals surface area contributed by atoms with E-state index in [1.165, 1.54) is 15.9 Å². The second kappa shape index (κ2) is 11.3. The molecule has 0 saturated carbocycles. The maximum atomic E-state index is 12.7. The Bertz CT molecular complexity index is 1300. The molecular weight excluding hydrogens is 458 g/mol. The Labute approximate surface area is 201 Å². The SMILES string of the molecule is CCCCn1c(CCC(=O)Nc2cc(C)c(C(=O)OCC)s2)nc2c1c(=O)[nH]c(=O)n2CCC. The average Bonchev–Trinajstić information content (AvgIpc) is 3.34. The lowest BCUT2D eigenvalue weighted by atomic mass is 10.2. The maximum absolute atomic E-state index is 12.7. The van der Waals surface area contributed by atoms with Gasteiger partial charge in [-0.05, 0) is 38.3 Å². The summed E-state index contributed by atoms with van der Waals surface area (Å²) in [6, 6.07) is 1.74. The van der Waals surface area contributed by atoms with E-state index in [2.05, 4.69) is 22.2 Å². The summed E-state index contributed by atoms with van der Waals surface area (Å²) in [5, 5.41) is 3.40. The molecule has 0 aliphatic rings. The molecule has 3 aromatic rings. The predicted molar refractivity (Wildman–Crippen MR) is 132 cm³/mol. The minimum atomic E-state index is -0.478. The fourth-order valence-corrected chi connectivity index (χ4v) is 4.75. The fraction of sp³-hybridized carbons (Fsp3) is 0.522. The lowest BCUT2D eigenvalue weighted by Gasteiger charge is -2.08. The molecule has 2 N–H and O–H groups in total. The van der Waals surface area contributed by atoms with Gasteiger partial charge in [0.1, 0.15) is 10.7 Å². The van der Waals surface area contributed by atoms with Gasteiger partial charge >= 0.3 is 11.7 Å². The Kier molecular flexibility index (Phi) is 8.43. The standard InChI is InChI=1S/C23H31N5O5S/c1-5-8-12-27-15(24-20-18(27)21(30)26-23(32)28(20)11-6-2)9-10-16(29)25-17-13-14(4)19(34-17)22(31)33-7-3/h13H,5-12H2,1-4H3,(H,25,29)(H,26,30,32). The van der Waals surface area contributed by atoms with Crippen LogP contribution >= 0.6 is 11.3 Å². The number of nitrogens with one attached hydrogen (secondary N) is 2. The molecule has 11 heteroatoms. The van der Waals surface area contributed by atoms with Gasteiger partial charge in [-0.15, -0.1) is 11.3 Å². The number of aryl methyl sites for hydroxylation is 4. The van der Waals surface area contributed by atoms with Crippen molar-refractivity contribution >= 4 is 39.4 Å². The zero-order valence-electron chi connectivity index (χ0n) is 20.0. The van der Waals surface area contributed by atoms with E-state index in [0.717, 1.165) is 18.4 Å². The van der Waals surface area contributed by atoms with E-state index in [9.17, 15) is 19.2 Å². The topological polar surface area (TPSA) is 128 Å². The highest BCUT2D eigenvalue weighted by Crippen LogP contribution is 2.27. The molecule has 0 aromatic carbocycles. The average molecular weight is 490 g/mol. The molecule has 3 aromatic heterocycles. The van der Waals surface area contributed by atoms with Gasteiger partial charge in [0.25, 0.3) is 5.56 Å². The van der Waals surface area contributed by atoms with Crippen LogP contribution in [0.4, 0.5) is 5.00 Å². The van der Waals surface area contributed by atoms with Crippen molar-refractivity contribution in [1.29, 1.82) is 0 Å². The van der Waals surface area contributed by atoms with Crippen molar-refractivity contribution in [2.75, 3.05) is 11.9 Å². The molecule has 184 valence electrons. The maximum Gasteiger partial charge on any atom is 0.348 e. The third kappa shape index (κ3) is 5.46. The van der Waals surface area contributed by atoms with Crippen LogP contribution in [0, 0.1) is 6.92 Å². The van der Waals surface area contributed by atoms with Crippen LogP contribution in [0.2, 0.25) is 0 Å². The monoisotopic (exact) mass is 489 g/mol. The third-order valence-electron chi connectivity index (χ3n) is 5.36. The van der Waals surface area contributed by atoms with Crippen LogP contribution < -0.4 is 16.6 Å². The minimum absolute atomic E-state index is 0.136. The molecule has 0 radical (unpaired) electrons. The summed E-state index contributed by atoms with van der Waals surface area (Å²) in [6.07, 6.45) is 2.92. The van der Waals surface area contributed by atoms with E-state index in [1.54, 1.807) is 19.9 Å². The third-order valence-corrected chi connectivity index (χ3v) is 6.50. The smallest absolute Gasteiger partial charge is 0.348 e. The van der Waals surface area contributed by atoms with Gasteiger partial charge in [0.15, 0.2) is 11.2 Å². The number of H-pyrrole nitrogens is 1. The van der Waals surface area contributed by atoms with Gasteiger partial charge in [0, 0.05) is 25.9 Å². The molecule has 0 aliphatic heterocycles. The Hall–Kier alpha value is -3.21. The quantitative estimate of drug-likeness (QED) is 0.398. The summed E-state index contributed by atoms with van der Waals surface area (Å²) in [6.45, 7) is 8.83. The van der Waals surface area contributed by atoms with Crippen LogP contribution in [-0.4, -0.2) is 37.6 Å². The van der Waals surface area contributed by atoms with Gasteiger partial charge in [-0.3, -0.25) is 19.1 Å². The molecule has 0 spiro atoms. The summed E-state index contributed by atoms with van der Waals surface area (Å²) >= 11 is 1.18. The number of anilines is 1. The van der Waals surface area contributed by atoms with Crippen molar-refractivity contribution in [3.8, 4) is 0 Å². The number of rotatable bonds is 11. The van der Waals surface area contributed by atoms with Crippen molar-refractivity contribution in [2.24, 2.45) is 0 Å². The van der Waals surface area contributed by atoms with E-state index in [1.807, 2.05) is 11.5 Å². The van der Waals surface area contributed by atoms with E-state index in [4.69, 9.17) is 4.74 Å². The van der Waals surface area contributed by atoms with Crippen LogP contribution in [0.15, 0.2) is 15.7 Å². The Morgan fingerprint density at radius 1 is 1.15 bits per heavy atom. The summed E-state index contributed by atoms with van der Waals surface area (Å²) in [5.74, 6) is -0.0433. The number of aromatic amines is 1. The highest BCUT2D eigenvalue weighted by Gasteiger charge is 2.20. The summed E-state index contributed by atoms with van der Waals surface area (Å²) in [5.41, 5.74) is 0.523. The second-order valence-corrected chi connectivity index (χ2v) is 9.06. The lowest BCUT2D eigenvalue weighted by Crippen LogP contribution is -2.31. The first kappa shape index (κ1) is 25.4. The molecule has 3 rings (SSSR count). The molecule has 0 aliphatic carbocycles. The summed E-state index contributed by atoms with van der Waals surface area (Å²) < 4.78 is 8.35. The molecule has 10 nitrogen and oxygen atoms in total. The molecule has 3 heterocycles. The van der Waals surface area contributed by atoms with Crippen LogP contribution in [0.25, 0.3) is 11.2 Å². The van der Waals surface area contributed by atoms with Crippen LogP contribution in [0.3, 0.4) is 0 Å². The zero-order chi connectivity index (χ0) is 24.8. The van der Waals surface area contributed by atoms with Gasteiger partial charge in [-0.2, -0.15) is 0 Å². The first-order valence-electron chi connectivity index (χ1n) is 11.6. The normalized spacial score (nSPS) is 11.2. The first-order chi connectivity index (χ1) is 16.3. The number of imidazole rings is 1. The number of aromatic nitrogens is 4. The largest absolute Gasteiger partial charge is 0.462 e. The van der Waals surface area contributed by atoms with Crippen molar-refractivity contribution in [2.45, 2.75) is 72.9 Å². The number of carbonyl (C=O) groups is 2. The van der Waals surface area contributed by atoms with Gasteiger partial charge in [-0.25, -0.2) is 14.6 Å². The molecule has 0 saturated heterocycles.